The van der Waals surface area contributed by atoms with Gasteiger partial charge in [0.25, 0.3) is 0 Å². The molecule has 0 N–H and O–H groups in total. The van der Waals surface area contributed by atoms with Gasteiger partial charge in [-0.15, -0.1) is 0 Å². The highest BCUT2D eigenvalue weighted by atomic mass is 33.1. The van der Waals surface area contributed by atoms with Gasteiger partial charge in [-0.2, -0.15) is 0 Å². The van der Waals surface area contributed by atoms with Gasteiger partial charge in [0.05, 0.1) is 0 Å². The van der Waals surface area contributed by atoms with Crippen molar-refractivity contribution in [3.63, 3.8) is 0 Å². The number of ether oxygens (including phenoxy) is 2. The van der Waals surface area contributed by atoms with Crippen molar-refractivity contribution in [1.82, 2.24) is 8.61 Å². The predicted molar refractivity (Wildman–Crippen MR) is 180 cm³/mol. The summed E-state index contributed by atoms with van der Waals surface area (Å²) in [7, 11) is 3.85. The lowest BCUT2D eigenvalue weighted by atomic mass is 9.72. The highest BCUT2D eigenvalue weighted by Gasteiger charge is 2.57. The molecule has 6 nitrogen and oxygen atoms in total. The van der Waals surface area contributed by atoms with Crippen LogP contribution >= 0.6 is 22.0 Å². The van der Waals surface area contributed by atoms with Crippen molar-refractivity contribution in [2.45, 2.75) is 181 Å². The summed E-state index contributed by atoms with van der Waals surface area (Å²) in [4.78, 5) is 25.2. The van der Waals surface area contributed by atoms with Crippen molar-refractivity contribution in [2.24, 2.45) is 0 Å². The van der Waals surface area contributed by atoms with Crippen molar-refractivity contribution in [3.05, 3.63) is 24.3 Å². The quantitative estimate of drug-likeness (QED) is 0.0773. The molecule has 0 aromatic heterocycles. The second-order valence-corrected chi connectivity index (χ2v) is 14.8. The third-order valence-corrected chi connectivity index (χ3v) is 13.9. The Morgan fingerprint density at radius 1 is 0.571 bits per heavy atom. The molecule has 2 saturated heterocycles. The Morgan fingerprint density at radius 2 is 0.786 bits per heavy atom. The van der Waals surface area contributed by atoms with Gasteiger partial charge in [-0.3, -0.25) is 0 Å². The molecule has 2 heterocycles. The maximum Gasteiger partial charge on any atom is 0.333 e. The summed E-state index contributed by atoms with van der Waals surface area (Å²) in [6.45, 7) is 29.4. The zero-order chi connectivity index (χ0) is 31.9. The maximum atomic E-state index is 12.6. The van der Waals surface area contributed by atoms with Gasteiger partial charge in [0.15, 0.2) is 0 Å². The van der Waals surface area contributed by atoms with E-state index in [1.165, 1.54) is 0 Å². The topological polar surface area (TPSA) is 59.1 Å². The van der Waals surface area contributed by atoms with Crippen LogP contribution in [0.3, 0.4) is 0 Å². The highest BCUT2D eigenvalue weighted by molar-refractivity contribution is 8.74. The van der Waals surface area contributed by atoms with E-state index in [1.54, 1.807) is 13.8 Å². The Morgan fingerprint density at radius 3 is 0.952 bits per heavy atom. The van der Waals surface area contributed by atoms with Crippen LogP contribution in [0.5, 0.6) is 0 Å². The second kappa shape index (κ2) is 15.4. The molecule has 2 rings (SSSR count). The van der Waals surface area contributed by atoms with E-state index in [4.69, 9.17) is 9.47 Å². The van der Waals surface area contributed by atoms with Gasteiger partial charge in [-0.05, 0) is 65.2 Å². The standard InChI is InChI=1S/C34H60N2O4S2/c1-13-31(14-2)21-27(39-29(37)25(9)10)22-32(15-3,16-4)35(31)41-42-36-33(17-5,18-6)23-28(40-30(38)26(11)12)24-34(36,19-7)20-8/h27-28H,9,11,13-24H2,1-8,10,12H3. The van der Waals surface area contributed by atoms with Gasteiger partial charge in [-0.1, -0.05) is 68.5 Å². The molecule has 2 aliphatic heterocycles. The zero-order valence-corrected chi connectivity index (χ0v) is 30.0. The molecular formula is C34H60N2O4S2. The molecule has 0 amide bonds. The molecular weight excluding hydrogens is 565 g/mol. The Kier molecular flexibility index (Phi) is 13.6. The van der Waals surface area contributed by atoms with Crippen LogP contribution in [0.25, 0.3) is 0 Å². The number of hydrogen-bond acceptors (Lipinski definition) is 8. The predicted octanol–water partition coefficient (Wildman–Crippen LogP) is 9.60. The number of hydrogen-bond donors (Lipinski definition) is 0. The summed E-state index contributed by atoms with van der Waals surface area (Å²) in [6.07, 6.45) is 10.9. The molecule has 0 spiro atoms. The molecule has 0 aliphatic carbocycles. The Bertz CT molecular complexity index is 831. The van der Waals surface area contributed by atoms with Gasteiger partial charge < -0.3 is 9.47 Å². The molecule has 0 aromatic rings. The number of carbonyl (C=O) groups excluding carboxylic acids is 2. The summed E-state index contributed by atoms with van der Waals surface area (Å²) in [6, 6.07) is 0. The molecule has 0 saturated carbocycles. The average molecular weight is 625 g/mol. The first-order chi connectivity index (χ1) is 19.8. The van der Waals surface area contributed by atoms with Crippen LogP contribution in [0.15, 0.2) is 24.3 Å². The first kappa shape index (κ1) is 37.2. The van der Waals surface area contributed by atoms with Crippen molar-refractivity contribution in [2.75, 3.05) is 0 Å². The van der Waals surface area contributed by atoms with Crippen LogP contribution < -0.4 is 0 Å². The summed E-state index contributed by atoms with van der Waals surface area (Å²) in [5.74, 6) is -0.557. The van der Waals surface area contributed by atoms with E-state index in [1.807, 2.05) is 22.0 Å². The fourth-order valence-corrected chi connectivity index (χ4v) is 11.9. The van der Waals surface area contributed by atoms with E-state index < -0.39 is 0 Å². The van der Waals surface area contributed by atoms with Crippen molar-refractivity contribution in [3.8, 4) is 0 Å². The van der Waals surface area contributed by atoms with Gasteiger partial charge in [0, 0.05) is 80.9 Å². The molecule has 0 radical (unpaired) electrons. The lowest BCUT2D eigenvalue weighted by Gasteiger charge is -2.61. The van der Waals surface area contributed by atoms with Crippen molar-refractivity contribution in [1.29, 1.82) is 0 Å². The first-order valence-electron chi connectivity index (χ1n) is 16.5. The van der Waals surface area contributed by atoms with E-state index >= 15 is 0 Å². The normalized spacial score (nSPS) is 22.4. The minimum absolute atomic E-state index is 0.0977. The Labute approximate surface area is 265 Å². The number of carbonyl (C=O) groups is 2. The van der Waals surface area contributed by atoms with E-state index in [2.05, 4.69) is 77.2 Å². The summed E-state index contributed by atoms with van der Waals surface area (Å²) in [5.41, 5.74) is 0.531. The van der Waals surface area contributed by atoms with Gasteiger partial charge in [0.1, 0.15) is 12.2 Å². The van der Waals surface area contributed by atoms with Gasteiger partial charge in [0.2, 0.25) is 0 Å². The average Bonchev–Trinajstić information content (AvgIpc) is 2.99. The number of nitrogens with zero attached hydrogens (tertiary/aromatic N) is 2. The molecule has 2 aliphatic rings. The minimum Gasteiger partial charge on any atom is -0.459 e. The second-order valence-electron chi connectivity index (χ2n) is 12.9. The number of piperidine rings is 2. The van der Waals surface area contributed by atoms with Crippen molar-refractivity contribution >= 4 is 33.9 Å². The molecule has 0 atom stereocenters. The van der Waals surface area contributed by atoms with Crippen LogP contribution in [0, 0.1) is 0 Å². The Balaban J connectivity index is 2.53. The molecule has 242 valence electrons. The Hall–Kier alpha value is -0.960. The fourth-order valence-electron chi connectivity index (χ4n) is 7.53. The monoisotopic (exact) mass is 624 g/mol. The zero-order valence-electron chi connectivity index (χ0n) is 28.4. The first-order valence-corrected chi connectivity index (χ1v) is 18.5. The maximum absolute atomic E-state index is 12.6. The van der Waals surface area contributed by atoms with E-state index in [0.29, 0.717) is 11.1 Å². The molecule has 0 bridgehead atoms. The van der Waals surface area contributed by atoms with Crippen LogP contribution in [0.2, 0.25) is 0 Å². The number of esters is 2. The third-order valence-electron chi connectivity index (χ3n) is 10.8. The van der Waals surface area contributed by atoms with Crippen LogP contribution in [-0.4, -0.2) is 54.9 Å². The third kappa shape index (κ3) is 7.29. The van der Waals surface area contributed by atoms with Crippen molar-refractivity contribution < 1.29 is 19.1 Å². The lowest BCUT2D eigenvalue weighted by Crippen LogP contribution is -2.65. The fraction of sp³-hybridized carbons (Fsp3) is 0.824. The van der Waals surface area contributed by atoms with Gasteiger partial charge >= 0.3 is 11.9 Å². The van der Waals surface area contributed by atoms with Gasteiger partial charge in [-0.25, -0.2) is 18.2 Å². The lowest BCUT2D eigenvalue weighted by molar-refractivity contribution is -0.155. The SMILES string of the molecule is C=C(C)C(=O)OC1CC(CC)(CC)N(SSN2C(CC)(CC)CC(OC(=O)C(=C)C)CC2(CC)CC)C(CC)(CC)C1. The molecule has 2 fully saturated rings. The molecule has 0 unspecified atom stereocenters. The molecule has 8 heteroatoms. The molecule has 0 aromatic carbocycles. The minimum atomic E-state index is -0.278. The van der Waals surface area contributed by atoms with E-state index in [0.717, 1.165) is 77.0 Å². The summed E-state index contributed by atoms with van der Waals surface area (Å²) < 4.78 is 17.6. The summed E-state index contributed by atoms with van der Waals surface area (Å²) >= 11 is 0. The summed E-state index contributed by atoms with van der Waals surface area (Å²) in [5, 5.41) is 0. The highest BCUT2D eigenvalue weighted by Crippen LogP contribution is 2.58. The van der Waals surface area contributed by atoms with E-state index in [9.17, 15) is 9.59 Å². The van der Waals surface area contributed by atoms with Crippen LogP contribution in [0.1, 0.15) is 146 Å². The number of rotatable bonds is 15. The largest absolute Gasteiger partial charge is 0.459 e. The van der Waals surface area contributed by atoms with E-state index in [-0.39, 0.29) is 46.3 Å². The van der Waals surface area contributed by atoms with Crippen LogP contribution in [0.4, 0.5) is 0 Å². The molecule has 42 heavy (non-hydrogen) atoms. The van der Waals surface area contributed by atoms with Crippen LogP contribution in [-0.2, 0) is 19.1 Å². The smallest absolute Gasteiger partial charge is 0.333 e.